The maximum absolute atomic E-state index is 13.0. The summed E-state index contributed by atoms with van der Waals surface area (Å²) in [6, 6.07) is 8.11. The highest BCUT2D eigenvalue weighted by Gasteiger charge is 2.32. The van der Waals surface area contributed by atoms with E-state index in [0.29, 0.717) is 25.2 Å². The molecule has 1 amide bonds. The Kier molecular flexibility index (Phi) is 6.67. The van der Waals surface area contributed by atoms with E-state index >= 15 is 0 Å². The van der Waals surface area contributed by atoms with Crippen LogP contribution in [0.4, 0.5) is 0 Å². The van der Waals surface area contributed by atoms with Crippen LogP contribution in [0.2, 0.25) is 0 Å². The van der Waals surface area contributed by atoms with Crippen LogP contribution < -0.4 is 5.32 Å². The van der Waals surface area contributed by atoms with E-state index in [4.69, 9.17) is 5.26 Å². The third-order valence-corrected chi connectivity index (χ3v) is 7.79. The second-order valence-electron chi connectivity index (χ2n) is 7.39. The minimum Gasteiger partial charge on any atom is -0.350 e. The number of thiazole rings is 1. The molecule has 3 rings (SSSR count). The van der Waals surface area contributed by atoms with Gasteiger partial charge in [0.1, 0.15) is 0 Å². The van der Waals surface area contributed by atoms with E-state index in [0.717, 1.165) is 23.5 Å². The van der Waals surface area contributed by atoms with Gasteiger partial charge in [-0.3, -0.25) is 4.79 Å². The number of aromatic nitrogens is 1. The van der Waals surface area contributed by atoms with Gasteiger partial charge in [0.2, 0.25) is 15.9 Å². The van der Waals surface area contributed by atoms with Gasteiger partial charge in [0.15, 0.2) is 0 Å². The Hall–Kier alpha value is -2.28. The summed E-state index contributed by atoms with van der Waals surface area (Å²) in [6.07, 6.45) is 1.62. The minimum atomic E-state index is -3.66. The second-order valence-corrected chi connectivity index (χ2v) is 10.2. The molecule has 2 heterocycles. The van der Waals surface area contributed by atoms with E-state index < -0.39 is 10.0 Å². The number of hydrogen-bond acceptors (Lipinski definition) is 6. The normalized spacial score (nSPS) is 17.8. The van der Waals surface area contributed by atoms with E-state index in [1.807, 2.05) is 25.3 Å². The van der Waals surface area contributed by atoms with Gasteiger partial charge >= 0.3 is 0 Å². The Bertz CT molecular complexity index is 1020. The number of nitriles is 1. The van der Waals surface area contributed by atoms with Crippen LogP contribution in [0.1, 0.15) is 48.9 Å². The van der Waals surface area contributed by atoms with Crippen LogP contribution in [0.25, 0.3) is 0 Å². The Labute approximate surface area is 175 Å². The lowest BCUT2D eigenvalue weighted by Gasteiger charge is -2.31. The standard InChI is InChI=1S/C20H24N4O3S2/c1-14(2)19(25)22-11-17-13-28-20(23-17)16-6-4-8-24(12-16)29(26,27)18-7-3-5-15(9-18)10-21/h3,5,7,9,13-14,16H,4,6,8,11-12H2,1-2H3,(H,22,25)/t16-/m0/s1. The minimum absolute atomic E-state index is 0.0194. The molecular formula is C20H24N4O3S2. The van der Waals surface area contributed by atoms with Crippen molar-refractivity contribution in [3.8, 4) is 6.07 Å². The molecule has 0 unspecified atom stereocenters. The fraction of sp³-hybridized carbons (Fsp3) is 0.450. The maximum atomic E-state index is 13.0. The van der Waals surface area contributed by atoms with Crippen molar-refractivity contribution >= 4 is 27.3 Å². The first-order chi connectivity index (χ1) is 13.8. The first-order valence-corrected chi connectivity index (χ1v) is 11.9. The van der Waals surface area contributed by atoms with Crippen LogP contribution in [0, 0.1) is 17.2 Å². The van der Waals surface area contributed by atoms with E-state index in [9.17, 15) is 13.2 Å². The van der Waals surface area contributed by atoms with Crippen molar-refractivity contribution in [2.45, 2.75) is 44.0 Å². The molecule has 1 saturated heterocycles. The first-order valence-electron chi connectivity index (χ1n) is 9.53. The zero-order valence-electron chi connectivity index (χ0n) is 16.5. The molecule has 1 N–H and O–H groups in total. The Morgan fingerprint density at radius 3 is 2.97 bits per heavy atom. The van der Waals surface area contributed by atoms with E-state index in [2.05, 4.69) is 10.3 Å². The first kappa shape index (κ1) is 21.4. The fourth-order valence-corrected chi connectivity index (χ4v) is 5.73. The predicted octanol–water partition coefficient (Wildman–Crippen LogP) is 2.86. The number of nitrogens with one attached hydrogen (secondary N) is 1. The SMILES string of the molecule is CC(C)C(=O)NCc1csc([C@H]2CCCN(S(=O)(=O)c3cccc(C#N)c3)C2)n1. The van der Waals surface area contributed by atoms with E-state index in [1.165, 1.54) is 27.8 Å². The van der Waals surface area contributed by atoms with Crippen molar-refractivity contribution in [2.24, 2.45) is 5.92 Å². The van der Waals surface area contributed by atoms with Gasteiger partial charge < -0.3 is 5.32 Å². The summed E-state index contributed by atoms with van der Waals surface area (Å²) in [4.78, 5) is 16.5. The lowest BCUT2D eigenvalue weighted by molar-refractivity contribution is -0.124. The molecule has 2 aromatic rings. The molecular weight excluding hydrogens is 408 g/mol. The lowest BCUT2D eigenvalue weighted by atomic mass is 10.0. The highest BCUT2D eigenvalue weighted by molar-refractivity contribution is 7.89. The number of benzene rings is 1. The highest BCUT2D eigenvalue weighted by atomic mass is 32.2. The topological polar surface area (TPSA) is 103 Å². The third-order valence-electron chi connectivity index (χ3n) is 4.87. The molecule has 0 saturated carbocycles. The van der Waals surface area contributed by atoms with Gasteiger partial charge in [0.25, 0.3) is 0 Å². The highest BCUT2D eigenvalue weighted by Crippen LogP contribution is 2.32. The summed E-state index contributed by atoms with van der Waals surface area (Å²) in [5.74, 6) is -0.0731. The average molecular weight is 433 g/mol. The largest absolute Gasteiger partial charge is 0.350 e. The van der Waals surface area contributed by atoms with Crippen LogP contribution in [0.15, 0.2) is 34.5 Å². The molecule has 7 nitrogen and oxygen atoms in total. The fourth-order valence-electron chi connectivity index (χ4n) is 3.21. The predicted molar refractivity (Wildman–Crippen MR) is 111 cm³/mol. The number of carbonyl (C=O) groups is 1. The van der Waals surface area contributed by atoms with Crippen molar-refractivity contribution in [3.05, 3.63) is 45.9 Å². The van der Waals surface area contributed by atoms with Crippen molar-refractivity contribution in [2.75, 3.05) is 13.1 Å². The van der Waals surface area contributed by atoms with Gasteiger partial charge in [-0.15, -0.1) is 11.3 Å². The molecule has 1 aromatic carbocycles. The van der Waals surface area contributed by atoms with E-state index in [-0.39, 0.29) is 22.6 Å². The molecule has 0 bridgehead atoms. The van der Waals surface area contributed by atoms with Crippen molar-refractivity contribution in [3.63, 3.8) is 0 Å². The summed E-state index contributed by atoms with van der Waals surface area (Å²) in [7, 11) is -3.66. The molecule has 1 fully saturated rings. The Morgan fingerprint density at radius 1 is 1.45 bits per heavy atom. The smallest absolute Gasteiger partial charge is 0.243 e. The molecule has 1 aliphatic rings. The van der Waals surface area contributed by atoms with Crippen LogP contribution in [-0.2, 0) is 21.4 Å². The van der Waals surface area contributed by atoms with Gasteiger partial charge in [-0.05, 0) is 31.0 Å². The number of piperidine rings is 1. The Morgan fingerprint density at radius 2 is 2.24 bits per heavy atom. The average Bonchev–Trinajstić information content (AvgIpc) is 3.21. The van der Waals surface area contributed by atoms with Crippen LogP contribution in [0.3, 0.4) is 0 Å². The molecule has 1 aromatic heterocycles. The van der Waals surface area contributed by atoms with E-state index in [1.54, 1.807) is 12.1 Å². The number of sulfonamides is 1. The van der Waals surface area contributed by atoms with Crippen molar-refractivity contribution < 1.29 is 13.2 Å². The van der Waals surface area contributed by atoms with Crippen molar-refractivity contribution in [1.82, 2.24) is 14.6 Å². The van der Waals surface area contributed by atoms with Crippen LogP contribution in [0.5, 0.6) is 0 Å². The molecule has 0 aliphatic carbocycles. The number of hydrogen-bond donors (Lipinski definition) is 1. The lowest BCUT2D eigenvalue weighted by Crippen LogP contribution is -2.39. The molecule has 0 radical (unpaired) electrons. The van der Waals surface area contributed by atoms with Gasteiger partial charge in [-0.1, -0.05) is 19.9 Å². The zero-order valence-corrected chi connectivity index (χ0v) is 18.1. The summed E-state index contributed by atoms with van der Waals surface area (Å²) >= 11 is 1.50. The Balaban J connectivity index is 1.71. The summed E-state index contributed by atoms with van der Waals surface area (Å²) in [5, 5.41) is 14.7. The molecule has 154 valence electrons. The number of carbonyl (C=O) groups excluding carboxylic acids is 1. The molecule has 1 atom stereocenters. The number of nitrogens with zero attached hydrogens (tertiary/aromatic N) is 3. The third kappa shape index (κ3) is 5.01. The zero-order chi connectivity index (χ0) is 21.0. The van der Waals surface area contributed by atoms with Gasteiger partial charge in [-0.25, -0.2) is 13.4 Å². The van der Waals surface area contributed by atoms with Gasteiger partial charge in [0, 0.05) is 30.3 Å². The van der Waals surface area contributed by atoms with Gasteiger partial charge in [-0.2, -0.15) is 9.57 Å². The molecule has 9 heteroatoms. The van der Waals surface area contributed by atoms with Crippen molar-refractivity contribution in [1.29, 1.82) is 5.26 Å². The summed E-state index contributed by atoms with van der Waals surface area (Å²) < 4.78 is 27.5. The second kappa shape index (κ2) is 9.03. The molecule has 1 aliphatic heterocycles. The number of amides is 1. The van der Waals surface area contributed by atoms with Gasteiger partial charge in [0.05, 0.1) is 33.8 Å². The summed E-state index contributed by atoms with van der Waals surface area (Å²) in [6.45, 7) is 4.88. The van der Waals surface area contributed by atoms with Crippen LogP contribution in [-0.4, -0.2) is 36.7 Å². The molecule has 0 spiro atoms. The summed E-state index contributed by atoms with van der Waals surface area (Å²) in [5.41, 5.74) is 1.12. The maximum Gasteiger partial charge on any atom is 0.243 e. The number of rotatable bonds is 6. The quantitative estimate of drug-likeness (QED) is 0.756. The molecule has 29 heavy (non-hydrogen) atoms. The monoisotopic (exact) mass is 432 g/mol. The van der Waals surface area contributed by atoms with Crippen LogP contribution >= 0.6 is 11.3 Å².